The maximum atomic E-state index is 14.2. The van der Waals surface area contributed by atoms with Gasteiger partial charge in [-0.25, -0.2) is 23.5 Å². The third kappa shape index (κ3) is 9.50. The molecule has 2 aliphatic carbocycles. The van der Waals surface area contributed by atoms with E-state index in [0.29, 0.717) is 49.1 Å². The van der Waals surface area contributed by atoms with Crippen LogP contribution in [0.25, 0.3) is 22.5 Å². The molecule has 8 rings (SSSR count). The van der Waals surface area contributed by atoms with Crippen molar-refractivity contribution >= 4 is 40.3 Å². The second-order valence-electron chi connectivity index (χ2n) is 16.9. The topological polar surface area (TPSA) is 175 Å². The molecular formula is C44H54F2N10O6. The SMILES string of the molecule is CN(CCCOCCCc1cccc2c1n(C)c(=O)n2[C@@H]1CCC(=O)NC1=O)CC1CCC(n2cc(NC(=O)c3coc(-c4ccnc(N(C)C5CC5)c4)n3)c(C(F)F)n2)CC1. The Kier molecular flexibility index (Phi) is 12.9. The monoisotopic (exact) mass is 856 g/mol. The van der Waals surface area contributed by atoms with Crippen molar-refractivity contribution in [2.45, 2.75) is 95.2 Å². The van der Waals surface area contributed by atoms with Crippen LogP contribution in [0.1, 0.15) is 104 Å². The summed E-state index contributed by atoms with van der Waals surface area (Å²) >= 11 is 0. The lowest BCUT2D eigenvalue weighted by molar-refractivity contribution is -0.135. The Labute approximate surface area is 357 Å². The highest BCUT2D eigenvalue weighted by Crippen LogP contribution is 2.36. The number of piperidine rings is 1. The molecule has 0 radical (unpaired) electrons. The number of hydrogen-bond donors (Lipinski definition) is 2. The van der Waals surface area contributed by atoms with Gasteiger partial charge in [0.2, 0.25) is 17.7 Å². The van der Waals surface area contributed by atoms with Crippen LogP contribution in [0.2, 0.25) is 0 Å². The van der Waals surface area contributed by atoms with Crippen LogP contribution in [0.4, 0.5) is 20.3 Å². The van der Waals surface area contributed by atoms with Gasteiger partial charge in [-0.15, -0.1) is 0 Å². The highest BCUT2D eigenvalue weighted by molar-refractivity contribution is 6.03. The van der Waals surface area contributed by atoms with Crippen molar-refractivity contribution in [3.05, 3.63) is 76.4 Å². The number of amides is 3. The number of aryl methyl sites for hydroxylation is 2. The minimum atomic E-state index is -2.87. The number of halogens is 2. The molecule has 0 spiro atoms. The van der Waals surface area contributed by atoms with Crippen LogP contribution < -0.4 is 21.2 Å². The quantitative estimate of drug-likeness (QED) is 0.0775. The van der Waals surface area contributed by atoms with Gasteiger partial charge in [-0.1, -0.05) is 12.1 Å². The average Bonchev–Trinajstić information content (AvgIpc) is 3.73. The van der Waals surface area contributed by atoms with Gasteiger partial charge < -0.3 is 24.3 Å². The van der Waals surface area contributed by atoms with E-state index in [0.717, 1.165) is 81.4 Å². The first kappa shape index (κ1) is 42.9. The molecule has 0 bridgehead atoms. The number of carbonyl (C=O) groups excluding carboxylic acids is 3. The van der Waals surface area contributed by atoms with E-state index in [9.17, 15) is 28.0 Å². The lowest BCUT2D eigenvalue weighted by Gasteiger charge is -2.31. The summed E-state index contributed by atoms with van der Waals surface area (Å²) in [5.41, 5.74) is 2.32. The predicted molar refractivity (Wildman–Crippen MR) is 227 cm³/mol. The number of anilines is 2. The van der Waals surface area contributed by atoms with Crippen molar-refractivity contribution in [3.63, 3.8) is 0 Å². The maximum Gasteiger partial charge on any atom is 0.329 e. The molecule has 18 heteroatoms. The number of carbonyl (C=O) groups is 3. The van der Waals surface area contributed by atoms with Gasteiger partial charge in [0.05, 0.1) is 22.8 Å². The van der Waals surface area contributed by atoms with Gasteiger partial charge in [0.15, 0.2) is 11.4 Å². The smallest absolute Gasteiger partial charge is 0.329 e. The molecule has 2 saturated carbocycles. The first-order valence-electron chi connectivity index (χ1n) is 21.6. The molecule has 16 nitrogen and oxygen atoms in total. The van der Waals surface area contributed by atoms with Gasteiger partial charge in [-0.05, 0) is 101 Å². The predicted octanol–water partition coefficient (Wildman–Crippen LogP) is 6.06. The van der Waals surface area contributed by atoms with Crippen molar-refractivity contribution in [3.8, 4) is 11.5 Å². The number of rotatable bonds is 18. The van der Waals surface area contributed by atoms with Gasteiger partial charge in [0.1, 0.15) is 18.1 Å². The fourth-order valence-electron chi connectivity index (χ4n) is 8.92. The van der Waals surface area contributed by atoms with Crippen molar-refractivity contribution in [2.75, 3.05) is 50.6 Å². The molecule has 1 aromatic carbocycles. The van der Waals surface area contributed by atoms with Crippen LogP contribution in [0.5, 0.6) is 0 Å². The number of imide groups is 1. The van der Waals surface area contributed by atoms with Crippen LogP contribution in [-0.2, 0) is 27.8 Å². The van der Waals surface area contributed by atoms with Gasteiger partial charge >= 0.3 is 5.69 Å². The molecule has 330 valence electrons. The molecule has 1 saturated heterocycles. The lowest BCUT2D eigenvalue weighted by Crippen LogP contribution is -2.44. The molecule has 1 atom stereocenters. The van der Waals surface area contributed by atoms with E-state index in [1.165, 1.54) is 17.0 Å². The summed E-state index contributed by atoms with van der Waals surface area (Å²) in [6, 6.07) is 9.03. The molecule has 2 N–H and O–H groups in total. The van der Waals surface area contributed by atoms with Gasteiger partial charge in [-0.3, -0.25) is 33.5 Å². The van der Waals surface area contributed by atoms with Crippen LogP contribution in [0.15, 0.2) is 58.2 Å². The van der Waals surface area contributed by atoms with Crippen molar-refractivity contribution in [2.24, 2.45) is 13.0 Å². The van der Waals surface area contributed by atoms with Crippen LogP contribution in [0, 0.1) is 5.92 Å². The fraction of sp³-hybridized carbons (Fsp3) is 0.523. The summed E-state index contributed by atoms with van der Waals surface area (Å²) < 4.78 is 44.6. The number of pyridine rings is 1. The molecule has 5 aromatic rings. The molecule has 4 aromatic heterocycles. The average molecular weight is 857 g/mol. The highest BCUT2D eigenvalue weighted by atomic mass is 19.3. The second-order valence-corrected chi connectivity index (χ2v) is 16.9. The summed E-state index contributed by atoms with van der Waals surface area (Å²) in [6.45, 7) is 3.00. The van der Waals surface area contributed by atoms with Crippen molar-refractivity contribution in [1.82, 2.24) is 39.1 Å². The fourth-order valence-corrected chi connectivity index (χ4v) is 8.92. The number of ether oxygens (including phenoxy) is 1. The third-order valence-corrected chi connectivity index (χ3v) is 12.4. The Morgan fingerprint density at radius 3 is 2.60 bits per heavy atom. The summed E-state index contributed by atoms with van der Waals surface area (Å²) in [5, 5.41) is 9.18. The van der Waals surface area contributed by atoms with E-state index in [1.54, 1.807) is 28.6 Å². The Hall–Kier alpha value is -5.75. The molecular weight excluding hydrogens is 803 g/mol. The van der Waals surface area contributed by atoms with E-state index in [1.807, 2.05) is 31.3 Å². The number of nitrogens with one attached hydrogen (secondary N) is 2. The largest absolute Gasteiger partial charge is 0.444 e. The Morgan fingerprint density at radius 1 is 1.05 bits per heavy atom. The summed E-state index contributed by atoms with van der Waals surface area (Å²) in [4.78, 5) is 63.8. The molecule has 3 amide bonds. The number of aromatic nitrogens is 6. The number of hydrogen-bond acceptors (Lipinski definition) is 11. The molecule has 62 heavy (non-hydrogen) atoms. The minimum absolute atomic E-state index is 0.0282. The zero-order chi connectivity index (χ0) is 43.5. The number of oxazole rings is 1. The van der Waals surface area contributed by atoms with E-state index in [4.69, 9.17) is 9.15 Å². The zero-order valence-corrected chi connectivity index (χ0v) is 35.4. The third-order valence-electron chi connectivity index (χ3n) is 12.4. The second kappa shape index (κ2) is 18.7. The van der Waals surface area contributed by atoms with Gasteiger partial charge in [-0.2, -0.15) is 5.10 Å². The Balaban J connectivity index is 0.757. The first-order valence-corrected chi connectivity index (χ1v) is 21.6. The molecule has 0 unspecified atom stereocenters. The van der Waals surface area contributed by atoms with E-state index >= 15 is 0 Å². The summed E-state index contributed by atoms with van der Waals surface area (Å²) in [7, 11) is 5.81. The van der Waals surface area contributed by atoms with Crippen molar-refractivity contribution < 1.29 is 32.3 Å². The Bertz CT molecular complexity index is 2460. The number of benzene rings is 1. The van der Waals surface area contributed by atoms with E-state index in [2.05, 4.69) is 42.5 Å². The van der Waals surface area contributed by atoms with Crippen LogP contribution >= 0.6 is 0 Å². The lowest BCUT2D eigenvalue weighted by atomic mass is 9.86. The van der Waals surface area contributed by atoms with Crippen LogP contribution in [-0.4, -0.2) is 97.9 Å². The van der Waals surface area contributed by atoms with Gasteiger partial charge in [0.25, 0.3) is 12.3 Å². The zero-order valence-electron chi connectivity index (χ0n) is 35.4. The van der Waals surface area contributed by atoms with E-state index < -0.39 is 30.0 Å². The standard InChI is InChI=1S/C44H54F2N10O6/c1-52(20-6-22-61-21-5-8-28-7-4-9-34-39(28)54(3)44(60)56(34)35-16-17-37(57)50-42(35)59)24-27-10-12-31(13-11-27)55-25-32(38(51-55)40(45)46)48-41(58)33-26-62-43(49-33)29-18-19-47-36(23-29)53(2)30-14-15-30/h4,7,9,18-19,23,25-27,30-31,35,40H,5-6,8,10-17,20-22,24H2,1-3H3,(H,48,58)(H,50,57,59)/t27?,31?,35-/m1/s1. The van der Waals surface area contributed by atoms with Crippen LogP contribution in [0.3, 0.4) is 0 Å². The number of fused-ring (bicyclic) bond motifs is 1. The highest BCUT2D eigenvalue weighted by Gasteiger charge is 2.32. The molecule has 1 aliphatic heterocycles. The number of imidazole rings is 1. The number of nitrogens with zero attached hydrogens (tertiary/aromatic N) is 8. The molecule has 5 heterocycles. The molecule has 3 aliphatic rings. The summed E-state index contributed by atoms with van der Waals surface area (Å²) in [5.74, 6) is 0.0593. The number of alkyl halides is 2. The van der Waals surface area contributed by atoms with Crippen molar-refractivity contribution in [1.29, 1.82) is 0 Å². The maximum absolute atomic E-state index is 14.2. The molecule has 3 fully saturated rings. The first-order chi connectivity index (χ1) is 29.9. The summed E-state index contributed by atoms with van der Waals surface area (Å²) in [6.07, 6.45) is 10.0. The Morgan fingerprint density at radius 2 is 1.84 bits per heavy atom. The normalized spacial score (nSPS) is 19.4. The van der Waals surface area contributed by atoms with Gasteiger partial charge in [0, 0.05) is 70.8 Å². The number of para-hydroxylation sites is 1. The van der Waals surface area contributed by atoms with E-state index in [-0.39, 0.29) is 41.3 Å². The minimum Gasteiger partial charge on any atom is -0.444 e.